The Morgan fingerprint density at radius 2 is 2.10 bits per heavy atom. The van der Waals surface area contributed by atoms with Crippen LogP contribution < -0.4 is 11.3 Å². The number of nitrogens with one attached hydrogen (secondary N) is 1. The summed E-state index contributed by atoms with van der Waals surface area (Å²) in [4.78, 5) is 3.90. The van der Waals surface area contributed by atoms with E-state index in [9.17, 15) is 0 Å². The summed E-state index contributed by atoms with van der Waals surface area (Å²) in [7, 11) is 0. The molecule has 0 atom stereocenters. The lowest BCUT2D eigenvalue weighted by atomic mass is 10.2. The summed E-state index contributed by atoms with van der Waals surface area (Å²) >= 11 is 0. The molecule has 54 valence electrons. The molecular weight excluding hydrogens is 126 g/mol. The topological polar surface area (TPSA) is 50.9 Å². The quantitative estimate of drug-likeness (QED) is 0.458. The van der Waals surface area contributed by atoms with Gasteiger partial charge in [-0.1, -0.05) is 0 Å². The molecule has 0 bridgehead atoms. The summed E-state index contributed by atoms with van der Waals surface area (Å²) < 4.78 is 0. The van der Waals surface area contributed by atoms with E-state index in [4.69, 9.17) is 5.84 Å². The second-order valence-electron chi connectivity index (χ2n) is 2.06. The zero-order valence-electron chi connectivity index (χ0n) is 5.75. The normalized spacial score (nSPS) is 9.70. The summed E-state index contributed by atoms with van der Waals surface area (Å²) in [5.41, 5.74) is 3.85. The van der Waals surface area contributed by atoms with Gasteiger partial charge in [-0.2, -0.15) is 0 Å². The molecule has 3 nitrogen and oxygen atoms in total. The van der Waals surface area contributed by atoms with Crippen LogP contribution in [0.3, 0.4) is 0 Å². The van der Waals surface area contributed by atoms with Gasteiger partial charge in [0.05, 0.1) is 0 Å². The van der Waals surface area contributed by atoms with Crippen LogP contribution in [0.25, 0.3) is 0 Å². The number of hydrogen-bond acceptors (Lipinski definition) is 3. The van der Waals surface area contributed by atoms with Crippen molar-refractivity contribution in [3.8, 4) is 0 Å². The molecule has 0 aliphatic carbocycles. The van der Waals surface area contributed by atoms with Gasteiger partial charge in [-0.15, -0.1) is 0 Å². The van der Waals surface area contributed by atoms with Gasteiger partial charge in [-0.3, -0.25) is 16.3 Å². The predicted molar refractivity (Wildman–Crippen MR) is 40.1 cm³/mol. The van der Waals surface area contributed by atoms with E-state index in [0.29, 0.717) is 0 Å². The van der Waals surface area contributed by atoms with Crippen molar-refractivity contribution in [1.82, 2.24) is 10.4 Å². The Bertz CT molecular complexity index is 173. The monoisotopic (exact) mass is 137 g/mol. The van der Waals surface area contributed by atoms with E-state index in [0.717, 1.165) is 13.0 Å². The molecular formula is C7H11N3. The first-order valence-electron chi connectivity index (χ1n) is 3.26. The molecule has 0 fully saturated rings. The van der Waals surface area contributed by atoms with Gasteiger partial charge in [-0.05, 0) is 24.1 Å². The highest BCUT2D eigenvalue weighted by atomic mass is 15.2. The van der Waals surface area contributed by atoms with E-state index in [-0.39, 0.29) is 0 Å². The van der Waals surface area contributed by atoms with Gasteiger partial charge >= 0.3 is 0 Å². The Morgan fingerprint density at radius 1 is 1.40 bits per heavy atom. The highest BCUT2D eigenvalue weighted by Crippen LogP contribution is 1.94. The maximum atomic E-state index is 5.11. The van der Waals surface area contributed by atoms with E-state index in [2.05, 4.69) is 10.4 Å². The molecule has 1 aromatic rings. The lowest BCUT2D eigenvalue weighted by Crippen LogP contribution is -2.24. The molecule has 0 saturated heterocycles. The molecule has 0 spiro atoms. The van der Waals surface area contributed by atoms with E-state index in [1.807, 2.05) is 12.1 Å². The van der Waals surface area contributed by atoms with E-state index in [1.54, 1.807) is 12.4 Å². The third kappa shape index (κ3) is 2.13. The second kappa shape index (κ2) is 3.98. The third-order valence-electron chi connectivity index (χ3n) is 1.31. The SMILES string of the molecule is NNCCc1ccncc1. The highest BCUT2D eigenvalue weighted by molar-refractivity contribution is 5.09. The molecule has 0 radical (unpaired) electrons. The Labute approximate surface area is 60.2 Å². The Morgan fingerprint density at radius 3 is 2.70 bits per heavy atom. The summed E-state index contributed by atoms with van der Waals surface area (Å²) in [6.45, 7) is 0.810. The zero-order chi connectivity index (χ0) is 7.23. The van der Waals surface area contributed by atoms with Gasteiger partial charge in [0.15, 0.2) is 0 Å². The third-order valence-corrected chi connectivity index (χ3v) is 1.31. The number of hydrazine groups is 1. The first kappa shape index (κ1) is 7.18. The molecule has 0 unspecified atom stereocenters. The fourth-order valence-electron chi connectivity index (χ4n) is 0.766. The lowest BCUT2D eigenvalue weighted by Gasteiger charge is -1.97. The summed E-state index contributed by atoms with van der Waals surface area (Å²) in [6.07, 6.45) is 4.52. The van der Waals surface area contributed by atoms with E-state index in [1.165, 1.54) is 5.56 Å². The van der Waals surface area contributed by atoms with Crippen molar-refractivity contribution in [2.24, 2.45) is 5.84 Å². The fraction of sp³-hybridized carbons (Fsp3) is 0.286. The van der Waals surface area contributed by atoms with Crippen LogP contribution in [-0.4, -0.2) is 11.5 Å². The van der Waals surface area contributed by atoms with Crippen LogP contribution in [0.4, 0.5) is 0 Å². The van der Waals surface area contributed by atoms with Crippen molar-refractivity contribution in [2.45, 2.75) is 6.42 Å². The Balaban J connectivity index is 2.43. The van der Waals surface area contributed by atoms with Gasteiger partial charge in [0, 0.05) is 18.9 Å². The molecule has 10 heavy (non-hydrogen) atoms. The molecule has 3 N–H and O–H groups in total. The molecule has 0 amide bonds. The van der Waals surface area contributed by atoms with Crippen molar-refractivity contribution in [1.29, 1.82) is 0 Å². The number of rotatable bonds is 3. The maximum absolute atomic E-state index is 5.11. The van der Waals surface area contributed by atoms with Crippen LogP contribution in [-0.2, 0) is 6.42 Å². The molecule has 3 heteroatoms. The number of hydrogen-bond donors (Lipinski definition) is 2. The Kier molecular flexibility index (Phi) is 2.86. The fourth-order valence-corrected chi connectivity index (χ4v) is 0.766. The minimum Gasteiger partial charge on any atom is -0.271 e. The van der Waals surface area contributed by atoms with Crippen molar-refractivity contribution < 1.29 is 0 Å². The van der Waals surface area contributed by atoms with Crippen LogP contribution in [0.15, 0.2) is 24.5 Å². The highest BCUT2D eigenvalue weighted by Gasteiger charge is 1.87. The lowest BCUT2D eigenvalue weighted by molar-refractivity contribution is 0.728. The number of nitrogens with two attached hydrogens (primary N) is 1. The van der Waals surface area contributed by atoms with Crippen LogP contribution in [0.1, 0.15) is 5.56 Å². The van der Waals surface area contributed by atoms with Crippen molar-refractivity contribution >= 4 is 0 Å². The summed E-state index contributed by atoms with van der Waals surface area (Å²) in [5, 5.41) is 0. The number of aromatic nitrogens is 1. The van der Waals surface area contributed by atoms with Crippen LogP contribution >= 0.6 is 0 Å². The average molecular weight is 137 g/mol. The first-order chi connectivity index (χ1) is 4.93. The molecule has 1 aromatic heterocycles. The van der Waals surface area contributed by atoms with Gasteiger partial charge in [0.2, 0.25) is 0 Å². The largest absolute Gasteiger partial charge is 0.271 e. The number of pyridine rings is 1. The zero-order valence-corrected chi connectivity index (χ0v) is 5.75. The van der Waals surface area contributed by atoms with Gasteiger partial charge in [0.25, 0.3) is 0 Å². The standard InChI is InChI=1S/C7H11N3/c8-10-6-3-7-1-4-9-5-2-7/h1-2,4-5,10H,3,6,8H2. The minimum atomic E-state index is 0.810. The van der Waals surface area contributed by atoms with Crippen LogP contribution in [0.2, 0.25) is 0 Å². The van der Waals surface area contributed by atoms with Gasteiger partial charge in [-0.25, -0.2) is 0 Å². The van der Waals surface area contributed by atoms with E-state index < -0.39 is 0 Å². The van der Waals surface area contributed by atoms with Gasteiger partial charge < -0.3 is 0 Å². The van der Waals surface area contributed by atoms with Gasteiger partial charge in [0.1, 0.15) is 0 Å². The summed E-state index contributed by atoms with van der Waals surface area (Å²) in [5.74, 6) is 5.11. The van der Waals surface area contributed by atoms with Crippen molar-refractivity contribution in [3.05, 3.63) is 30.1 Å². The smallest absolute Gasteiger partial charge is 0.0270 e. The molecule has 0 aliphatic rings. The second-order valence-corrected chi connectivity index (χ2v) is 2.06. The molecule has 1 heterocycles. The maximum Gasteiger partial charge on any atom is 0.0270 e. The number of nitrogens with zero attached hydrogens (tertiary/aromatic N) is 1. The van der Waals surface area contributed by atoms with Crippen molar-refractivity contribution in [3.63, 3.8) is 0 Å². The molecule has 1 rings (SSSR count). The average Bonchev–Trinajstić information content (AvgIpc) is 2.03. The van der Waals surface area contributed by atoms with Crippen LogP contribution in [0, 0.1) is 0 Å². The predicted octanol–water partition coefficient (Wildman–Crippen LogP) is 0.0874. The molecule has 0 aromatic carbocycles. The Hall–Kier alpha value is -0.930. The molecule has 0 aliphatic heterocycles. The van der Waals surface area contributed by atoms with Crippen LogP contribution in [0.5, 0.6) is 0 Å². The first-order valence-corrected chi connectivity index (χ1v) is 3.26. The summed E-state index contributed by atoms with van der Waals surface area (Å²) in [6, 6.07) is 3.97. The van der Waals surface area contributed by atoms with Crippen molar-refractivity contribution in [2.75, 3.05) is 6.54 Å². The molecule has 0 saturated carbocycles. The minimum absolute atomic E-state index is 0.810. The van der Waals surface area contributed by atoms with E-state index >= 15 is 0 Å².